The van der Waals surface area contributed by atoms with Gasteiger partial charge in [-0.3, -0.25) is 0 Å². The molecule has 0 aliphatic carbocycles. The minimum absolute atomic E-state index is 0.125. The van der Waals surface area contributed by atoms with Gasteiger partial charge in [-0.25, -0.2) is 0 Å². The number of aryl methyl sites for hydroxylation is 2. The van der Waals surface area contributed by atoms with E-state index in [0.717, 1.165) is 18.6 Å². The lowest BCUT2D eigenvalue weighted by atomic mass is 10.1. The van der Waals surface area contributed by atoms with Crippen LogP contribution < -0.4 is 5.73 Å². The highest BCUT2D eigenvalue weighted by Gasteiger charge is 2.08. The van der Waals surface area contributed by atoms with Gasteiger partial charge in [0, 0.05) is 17.3 Å². The molecule has 0 saturated heterocycles. The SMILES string of the molecule is Cc1cc(C(N)CCc2ccco2)cs1. The lowest BCUT2D eigenvalue weighted by Crippen LogP contribution is -2.10. The summed E-state index contributed by atoms with van der Waals surface area (Å²) in [6, 6.07) is 6.19. The van der Waals surface area contributed by atoms with Crippen LogP contribution >= 0.6 is 11.3 Å². The van der Waals surface area contributed by atoms with Crippen molar-refractivity contribution in [1.29, 1.82) is 0 Å². The highest BCUT2D eigenvalue weighted by molar-refractivity contribution is 7.10. The van der Waals surface area contributed by atoms with Crippen LogP contribution in [0.2, 0.25) is 0 Å². The van der Waals surface area contributed by atoms with Crippen LogP contribution in [0.5, 0.6) is 0 Å². The molecular weight excluding hydrogens is 206 g/mol. The predicted octanol–water partition coefficient (Wildman–Crippen LogP) is 3.28. The Kier molecular flexibility index (Phi) is 3.23. The van der Waals surface area contributed by atoms with E-state index in [4.69, 9.17) is 10.2 Å². The second kappa shape index (κ2) is 4.64. The molecule has 0 saturated carbocycles. The number of hydrogen-bond donors (Lipinski definition) is 1. The molecule has 2 aromatic rings. The molecule has 2 heterocycles. The summed E-state index contributed by atoms with van der Waals surface area (Å²) in [5, 5.41) is 2.14. The van der Waals surface area contributed by atoms with Crippen LogP contribution in [0.4, 0.5) is 0 Å². The Morgan fingerprint density at radius 3 is 3.00 bits per heavy atom. The van der Waals surface area contributed by atoms with Gasteiger partial charge >= 0.3 is 0 Å². The number of furan rings is 1. The fourth-order valence-electron chi connectivity index (χ4n) is 1.58. The zero-order valence-corrected chi connectivity index (χ0v) is 9.59. The van der Waals surface area contributed by atoms with Crippen LogP contribution in [0.25, 0.3) is 0 Å². The molecule has 0 radical (unpaired) electrons. The number of rotatable bonds is 4. The van der Waals surface area contributed by atoms with Gasteiger partial charge in [0.15, 0.2) is 0 Å². The average molecular weight is 221 g/mol. The maximum atomic E-state index is 6.09. The second-order valence-corrected chi connectivity index (χ2v) is 4.83. The van der Waals surface area contributed by atoms with E-state index >= 15 is 0 Å². The Morgan fingerprint density at radius 1 is 1.53 bits per heavy atom. The summed E-state index contributed by atoms with van der Waals surface area (Å²) < 4.78 is 5.27. The first-order chi connectivity index (χ1) is 7.25. The first-order valence-electron chi connectivity index (χ1n) is 5.08. The van der Waals surface area contributed by atoms with Crippen molar-refractivity contribution in [3.05, 3.63) is 46.0 Å². The molecule has 0 spiro atoms. The molecule has 0 aliphatic heterocycles. The van der Waals surface area contributed by atoms with Crippen LogP contribution in [-0.2, 0) is 6.42 Å². The molecule has 2 aromatic heterocycles. The molecule has 3 heteroatoms. The van der Waals surface area contributed by atoms with Crippen molar-refractivity contribution in [3.63, 3.8) is 0 Å². The molecule has 0 aliphatic rings. The molecular formula is C12H15NOS. The van der Waals surface area contributed by atoms with E-state index in [-0.39, 0.29) is 6.04 Å². The summed E-state index contributed by atoms with van der Waals surface area (Å²) in [7, 11) is 0. The number of thiophene rings is 1. The summed E-state index contributed by atoms with van der Waals surface area (Å²) >= 11 is 1.75. The normalized spacial score (nSPS) is 12.9. The van der Waals surface area contributed by atoms with Crippen LogP contribution in [-0.4, -0.2) is 0 Å². The smallest absolute Gasteiger partial charge is 0.103 e. The maximum absolute atomic E-state index is 6.09. The third-order valence-corrected chi connectivity index (χ3v) is 3.34. The van der Waals surface area contributed by atoms with Gasteiger partial charge in [0.05, 0.1) is 6.26 Å². The molecule has 15 heavy (non-hydrogen) atoms. The summed E-state index contributed by atoms with van der Waals surface area (Å²) in [6.45, 7) is 2.10. The van der Waals surface area contributed by atoms with E-state index < -0.39 is 0 Å². The monoisotopic (exact) mass is 221 g/mol. The van der Waals surface area contributed by atoms with Gasteiger partial charge in [0.25, 0.3) is 0 Å². The van der Waals surface area contributed by atoms with E-state index in [2.05, 4.69) is 18.4 Å². The molecule has 2 nitrogen and oxygen atoms in total. The van der Waals surface area contributed by atoms with Crippen molar-refractivity contribution in [3.8, 4) is 0 Å². The van der Waals surface area contributed by atoms with Gasteiger partial charge in [0.2, 0.25) is 0 Å². The zero-order chi connectivity index (χ0) is 10.7. The third-order valence-electron chi connectivity index (χ3n) is 2.46. The van der Waals surface area contributed by atoms with E-state index in [1.807, 2.05) is 12.1 Å². The molecule has 0 fully saturated rings. The molecule has 0 amide bonds. The average Bonchev–Trinajstić information content (AvgIpc) is 2.84. The lowest BCUT2D eigenvalue weighted by molar-refractivity contribution is 0.488. The van der Waals surface area contributed by atoms with Crippen molar-refractivity contribution in [2.24, 2.45) is 5.73 Å². The Hall–Kier alpha value is -1.06. The van der Waals surface area contributed by atoms with Crippen LogP contribution in [0.1, 0.15) is 28.7 Å². The lowest BCUT2D eigenvalue weighted by Gasteiger charge is -2.07. The maximum Gasteiger partial charge on any atom is 0.103 e. The van der Waals surface area contributed by atoms with Crippen LogP contribution in [0.3, 0.4) is 0 Å². The number of hydrogen-bond acceptors (Lipinski definition) is 3. The molecule has 2 rings (SSSR count). The zero-order valence-electron chi connectivity index (χ0n) is 8.77. The largest absolute Gasteiger partial charge is 0.469 e. The first kappa shape index (κ1) is 10.5. The van der Waals surface area contributed by atoms with E-state index in [0.29, 0.717) is 0 Å². The molecule has 2 N–H and O–H groups in total. The van der Waals surface area contributed by atoms with E-state index in [1.165, 1.54) is 10.4 Å². The van der Waals surface area contributed by atoms with Gasteiger partial charge in [-0.05, 0) is 42.5 Å². The first-order valence-corrected chi connectivity index (χ1v) is 5.96. The quantitative estimate of drug-likeness (QED) is 0.860. The third kappa shape index (κ3) is 2.70. The summed E-state index contributed by atoms with van der Waals surface area (Å²) in [5.74, 6) is 1.01. The highest BCUT2D eigenvalue weighted by Crippen LogP contribution is 2.22. The Bertz CT molecular complexity index is 405. The minimum Gasteiger partial charge on any atom is -0.469 e. The van der Waals surface area contributed by atoms with Crippen LogP contribution in [0, 0.1) is 6.92 Å². The Labute approximate surface area is 93.7 Å². The van der Waals surface area contributed by atoms with Gasteiger partial charge in [0.1, 0.15) is 5.76 Å². The van der Waals surface area contributed by atoms with Gasteiger partial charge in [-0.1, -0.05) is 0 Å². The standard InChI is InChI=1S/C12H15NOS/c1-9-7-10(8-15-9)12(13)5-4-11-3-2-6-14-11/h2-3,6-8,12H,4-5,13H2,1H3. The summed E-state index contributed by atoms with van der Waals surface area (Å²) in [5.41, 5.74) is 7.33. The topological polar surface area (TPSA) is 39.2 Å². The highest BCUT2D eigenvalue weighted by atomic mass is 32.1. The van der Waals surface area contributed by atoms with Gasteiger partial charge in [-0.15, -0.1) is 11.3 Å². The predicted molar refractivity (Wildman–Crippen MR) is 63.0 cm³/mol. The van der Waals surface area contributed by atoms with Crippen LogP contribution in [0.15, 0.2) is 34.3 Å². The number of nitrogens with two attached hydrogens (primary N) is 1. The van der Waals surface area contributed by atoms with E-state index in [1.54, 1.807) is 17.6 Å². The van der Waals surface area contributed by atoms with Gasteiger partial charge < -0.3 is 10.2 Å². The fraction of sp³-hybridized carbons (Fsp3) is 0.333. The van der Waals surface area contributed by atoms with Crippen molar-refractivity contribution in [2.45, 2.75) is 25.8 Å². The molecule has 0 aromatic carbocycles. The Morgan fingerprint density at radius 2 is 2.40 bits per heavy atom. The van der Waals surface area contributed by atoms with Crippen molar-refractivity contribution in [1.82, 2.24) is 0 Å². The minimum atomic E-state index is 0.125. The summed E-state index contributed by atoms with van der Waals surface area (Å²) in [6.07, 6.45) is 3.54. The van der Waals surface area contributed by atoms with Crippen molar-refractivity contribution >= 4 is 11.3 Å². The summed E-state index contributed by atoms with van der Waals surface area (Å²) in [4.78, 5) is 1.32. The molecule has 0 bridgehead atoms. The van der Waals surface area contributed by atoms with Crippen molar-refractivity contribution in [2.75, 3.05) is 0 Å². The van der Waals surface area contributed by atoms with E-state index in [9.17, 15) is 0 Å². The van der Waals surface area contributed by atoms with Crippen molar-refractivity contribution < 1.29 is 4.42 Å². The Balaban J connectivity index is 1.90. The molecule has 1 atom stereocenters. The fourth-order valence-corrected chi connectivity index (χ4v) is 2.35. The molecule has 1 unspecified atom stereocenters. The second-order valence-electron chi connectivity index (χ2n) is 3.72. The molecule has 80 valence electrons. The van der Waals surface area contributed by atoms with Gasteiger partial charge in [-0.2, -0.15) is 0 Å².